The summed E-state index contributed by atoms with van der Waals surface area (Å²) in [5.74, 6) is 0.193. The Morgan fingerprint density at radius 1 is 1.12 bits per heavy atom. The fourth-order valence-corrected chi connectivity index (χ4v) is 2.24. The van der Waals surface area contributed by atoms with Crippen LogP contribution in [0.25, 0.3) is 11.5 Å². The van der Waals surface area contributed by atoms with Crippen LogP contribution in [-0.4, -0.2) is 22.8 Å². The Morgan fingerprint density at radius 3 is 2.46 bits per heavy atom. The first kappa shape index (κ1) is 17.6. The highest BCUT2D eigenvalue weighted by molar-refractivity contribution is 5.89. The number of nitrogens with zero attached hydrogens (tertiary/aromatic N) is 2. The molecule has 2 aromatic carbocycles. The first-order valence-electron chi connectivity index (χ1n) is 8.10. The molecule has 134 valence electrons. The van der Waals surface area contributed by atoms with Crippen molar-refractivity contribution < 1.29 is 23.1 Å². The van der Waals surface area contributed by atoms with E-state index in [1.165, 1.54) is 24.3 Å². The highest BCUT2D eigenvalue weighted by Crippen LogP contribution is 2.23. The van der Waals surface area contributed by atoms with E-state index < -0.39 is 12.1 Å². The Bertz CT molecular complexity index is 875. The highest BCUT2D eigenvalue weighted by atomic mass is 19.1. The molecule has 1 aromatic heterocycles. The van der Waals surface area contributed by atoms with Crippen LogP contribution in [0.4, 0.5) is 4.39 Å². The van der Waals surface area contributed by atoms with Gasteiger partial charge < -0.3 is 13.9 Å². The fourth-order valence-electron chi connectivity index (χ4n) is 2.24. The lowest BCUT2D eigenvalue weighted by Crippen LogP contribution is -2.09. The summed E-state index contributed by atoms with van der Waals surface area (Å²) in [5.41, 5.74) is 0.966. The molecule has 26 heavy (non-hydrogen) atoms. The Kier molecular flexibility index (Phi) is 5.26. The van der Waals surface area contributed by atoms with Gasteiger partial charge in [-0.3, -0.25) is 0 Å². The number of carbonyl (C=O) groups is 1. The molecule has 3 aromatic rings. The maximum atomic E-state index is 13.0. The summed E-state index contributed by atoms with van der Waals surface area (Å²) in [7, 11) is 0. The summed E-state index contributed by atoms with van der Waals surface area (Å²) in [5, 5.41) is 7.79. The third-order valence-corrected chi connectivity index (χ3v) is 3.56. The standard InChI is InChI=1S/C19H17FN2O4/c1-3-24-16-10-6-14(7-11-16)19(23)25-12(2)17-21-22-18(26-17)13-4-8-15(20)9-5-13/h4-12H,3H2,1-2H3/t12-/m0/s1. The molecule has 0 aliphatic heterocycles. The van der Waals surface area contributed by atoms with Gasteiger partial charge in [-0.2, -0.15) is 0 Å². The van der Waals surface area contributed by atoms with Crippen LogP contribution in [0.3, 0.4) is 0 Å². The summed E-state index contributed by atoms with van der Waals surface area (Å²) in [6, 6.07) is 12.3. The van der Waals surface area contributed by atoms with E-state index >= 15 is 0 Å². The molecule has 0 aliphatic carbocycles. The van der Waals surface area contributed by atoms with Crippen LogP contribution >= 0.6 is 0 Å². The summed E-state index contributed by atoms with van der Waals surface area (Å²) >= 11 is 0. The molecule has 1 atom stereocenters. The maximum Gasteiger partial charge on any atom is 0.338 e. The molecular weight excluding hydrogens is 339 g/mol. The van der Waals surface area contributed by atoms with E-state index in [2.05, 4.69) is 10.2 Å². The number of esters is 1. The molecule has 6 nitrogen and oxygen atoms in total. The molecule has 1 heterocycles. The smallest absolute Gasteiger partial charge is 0.338 e. The van der Waals surface area contributed by atoms with Crippen LogP contribution in [0.1, 0.15) is 36.2 Å². The zero-order chi connectivity index (χ0) is 18.5. The predicted octanol–water partition coefficient (Wildman–Crippen LogP) is 4.19. The number of benzene rings is 2. The van der Waals surface area contributed by atoms with Gasteiger partial charge in [-0.15, -0.1) is 10.2 Å². The maximum absolute atomic E-state index is 13.0. The Morgan fingerprint density at radius 2 is 1.81 bits per heavy atom. The van der Waals surface area contributed by atoms with Gasteiger partial charge in [-0.1, -0.05) is 0 Å². The van der Waals surface area contributed by atoms with Gasteiger partial charge in [0.1, 0.15) is 11.6 Å². The van der Waals surface area contributed by atoms with Crippen LogP contribution in [0.5, 0.6) is 5.75 Å². The number of ether oxygens (including phenoxy) is 2. The molecule has 0 radical (unpaired) electrons. The van der Waals surface area contributed by atoms with Gasteiger partial charge in [-0.25, -0.2) is 9.18 Å². The van der Waals surface area contributed by atoms with E-state index in [1.807, 2.05) is 6.92 Å². The van der Waals surface area contributed by atoms with Crippen molar-refractivity contribution >= 4 is 5.97 Å². The third-order valence-electron chi connectivity index (χ3n) is 3.56. The van der Waals surface area contributed by atoms with E-state index in [-0.39, 0.29) is 17.6 Å². The largest absolute Gasteiger partial charge is 0.494 e. The Balaban J connectivity index is 1.67. The van der Waals surface area contributed by atoms with Gasteiger partial charge in [0.15, 0.2) is 6.10 Å². The van der Waals surface area contributed by atoms with E-state index in [1.54, 1.807) is 31.2 Å². The first-order chi connectivity index (χ1) is 12.6. The van der Waals surface area contributed by atoms with Gasteiger partial charge in [0, 0.05) is 5.56 Å². The minimum Gasteiger partial charge on any atom is -0.494 e. The predicted molar refractivity (Wildman–Crippen MR) is 91.1 cm³/mol. The van der Waals surface area contributed by atoms with Crippen LogP contribution in [0.2, 0.25) is 0 Å². The summed E-state index contributed by atoms with van der Waals surface area (Å²) in [4.78, 5) is 12.2. The van der Waals surface area contributed by atoms with Gasteiger partial charge in [0.05, 0.1) is 12.2 Å². The second-order valence-electron chi connectivity index (χ2n) is 5.46. The van der Waals surface area contributed by atoms with E-state index in [9.17, 15) is 9.18 Å². The van der Waals surface area contributed by atoms with Crippen molar-refractivity contribution in [1.82, 2.24) is 10.2 Å². The Hall–Kier alpha value is -3.22. The molecule has 3 rings (SSSR count). The lowest BCUT2D eigenvalue weighted by molar-refractivity contribution is 0.0280. The summed E-state index contributed by atoms with van der Waals surface area (Å²) in [6.07, 6.45) is -0.726. The molecule has 0 bridgehead atoms. The van der Waals surface area contributed by atoms with E-state index in [4.69, 9.17) is 13.9 Å². The van der Waals surface area contributed by atoms with Crippen LogP contribution < -0.4 is 4.74 Å². The van der Waals surface area contributed by atoms with Crippen molar-refractivity contribution in [3.8, 4) is 17.2 Å². The van der Waals surface area contributed by atoms with E-state index in [0.717, 1.165) is 0 Å². The van der Waals surface area contributed by atoms with E-state index in [0.29, 0.717) is 23.5 Å². The normalized spacial score (nSPS) is 11.8. The molecule has 0 fully saturated rings. The monoisotopic (exact) mass is 356 g/mol. The first-order valence-corrected chi connectivity index (χ1v) is 8.10. The minimum atomic E-state index is -0.726. The van der Waals surface area contributed by atoms with Crippen LogP contribution in [0.15, 0.2) is 52.9 Å². The molecule has 0 saturated heterocycles. The summed E-state index contributed by atoms with van der Waals surface area (Å²) in [6.45, 7) is 4.07. The van der Waals surface area contributed by atoms with Crippen molar-refractivity contribution in [2.45, 2.75) is 20.0 Å². The van der Waals surface area contributed by atoms with Crippen molar-refractivity contribution in [2.75, 3.05) is 6.61 Å². The molecular formula is C19H17FN2O4. The molecule has 7 heteroatoms. The van der Waals surface area contributed by atoms with Gasteiger partial charge in [0.25, 0.3) is 5.89 Å². The number of hydrogen-bond donors (Lipinski definition) is 0. The second-order valence-corrected chi connectivity index (χ2v) is 5.46. The lowest BCUT2D eigenvalue weighted by Gasteiger charge is -2.10. The topological polar surface area (TPSA) is 74.5 Å². The quantitative estimate of drug-likeness (QED) is 0.617. The van der Waals surface area contributed by atoms with Crippen molar-refractivity contribution in [2.24, 2.45) is 0 Å². The zero-order valence-electron chi connectivity index (χ0n) is 14.3. The van der Waals surface area contributed by atoms with Crippen LogP contribution in [0, 0.1) is 5.82 Å². The summed E-state index contributed by atoms with van der Waals surface area (Å²) < 4.78 is 29.2. The van der Waals surface area contributed by atoms with Crippen LogP contribution in [-0.2, 0) is 4.74 Å². The number of carbonyl (C=O) groups excluding carboxylic acids is 1. The van der Waals surface area contributed by atoms with Crippen molar-refractivity contribution in [1.29, 1.82) is 0 Å². The third kappa shape index (κ3) is 4.05. The molecule has 0 aliphatic rings. The molecule has 0 unspecified atom stereocenters. The molecule has 0 N–H and O–H groups in total. The van der Waals surface area contributed by atoms with Gasteiger partial charge in [-0.05, 0) is 62.4 Å². The van der Waals surface area contributed by atoms with Crippen molar-refractivity contribution in [3.63, 3.8) is 0 Å². The molecule has 0 spiro atoms. The molecule has 0 saturated carbocycles. The average Bonchev–Trinajstić information content (AvgIpc) is 3.13. The number of halogens is 1. The SMILES string of the molecule is CCOc1ccc(C(=O)O[C@@H](C)c2nnc(-c3ccc(F)cc3)o2)cc1. The number of hydrogen-bond acceptors (Lipinski definition) is 6. The second kappa shape index (κ2) is 7.77. The average molecular weight is 356 g/mol. The number of rotatable bonds is 6. The van der Waals surface area contributed by atoms with Gasteiger partial charge >= 0.3 is 5.97 Å². The zero-order valence-corrected chi connectivity index (χ0v) is 14.3. The lowest BCUT2D eigenvalue weighted by atomic mass is 10.2. The highest BCUT2D eigenvalue weighted by Gasteiger charge is 2.20. The molecule has 0 amide bonds. The fraction of sp³-hybridized carbons (Fsp3) is 0.211. The van der Waals surface area contributed by atoms with Crippen molar-refractivity contribution in [3.05, 3.63) is 65.8 Å². The Labute approximate surface area is 149 Å². The number of aromatic nitrogens is 2. The minimum absolute atomic E-state index is 0.156. The van der Waals surface area contributed by atoms with Gasteiger partial charge in [0.2, 0.25) is 5.89 Å².